The van der Waals surface area contributed by atoms with Gasteiger partial charge in [-0.15, -0.1) is 10.2 Å². The molecule has 0 bridgehead atoms. The molecule has 0 aliphatic carbocycles. The number of carbonyl (C=O) groups is 1. The molecule has 6 nitrogen and oxygen atoms in total. The average molecular weight is 411 g/mol. The first-order valence-corrected chi connectivity index (χ1v) is 10.3. The zero-order chi connectivity index (χ0) is 19.9. The second-order valence-electron chi connectivity index (χ2n) is 6.00. The molecule has 1 heterocycles. The van der Waals surface area contributed by atoms with Gasteiger partial charge in [-0.05, 0) is 41.8 Å². The van der Waals surface area contributed by atoms with Gasteiger partial charge in [0.15, 0.2) is 4.34 Å². The fraction of sp³-hybridized carbons (Fsp3) is 0.200. The van der Waals surface area contributed by atoms with E-state index >= 15 is 0 Å². The Bertz CT molecular complexity index is 1010. The topological polar surface area (TPSA) is 87.9 Å². The maximum absolute atomic E-state index is 12.3. The summed E-state index contributed by atoms with van der Waals surface area (Å²) in [5, 5.41) is 20.2. The number of anilines is 1. The van der Waals surface area contributed by atoms with Gasteiger partial charge in [0.1, 0.15) is 5.75 Å². The van der Waals surface area contributed by atoms with E-state index in [0.717, 1.165) is 32.5 Å². The van der Waals surface area contributed by atoms with Crippen molar-refractivity contribution < 1.29 is 9.53 Å². The van der Waals surface area contributed by atoms with Crippen LogP contribution in [0.4, 0.5) is 5.13 Å². The average Bonchev–Trinajstić information content (AvgIpc) is 3.15. The molecule has 2 aromatic carbocycles. The van der Waals surface area contributed by atoms with E-state index in [0.29, 0.717) is 10.7 Å². The number of nitrogens with one attached hydrogen (secondary N) is 1. The van der Waals surface area contributed by atoms with Crippen LogP contribution in [0.2, 0.25) is 0 Å². The molecular weight excluding hydrogens is 392 g/mol. The van der Waals surface area contributed by atoms with Gasteiger partial charge in [0.25, 0.3) is 0 Å². The Kier molecular flexibility index (Phi) is 6.63. The maximum atomic E-state index is 12.3. The minimum absolute atomic E-state index is 0.148. The van der Waals surface area contributed by atoms with Crippen molar-refractivity contribution in [1.29, 1.82) is 5.26 Å². The highest BCUT2D eigenvalue weighted by Crippen LogP contribution is 2.28. The third-order valence-electron chi connectivity index (χ3n) is 3.94. The fourth-order valence-electron chi connectivity index (χ4n) is 2.46. The quantitative estimate of drug-likeness (QED) is 0.464. The highest BCUT2D eigenvalue weighted by molar-refractivity contribution is 8.00. The summed E-state index contributed by atoms with van der Waals surface area (Å²) in [6, 6.07) is 15.2. The summed E-state index contributed by atoms with van der Waals surface area (Å²) < 4.78 is 6.07. The molecule has 0 spiro atoms. The van der Waals surface area contributed by atoms with E-state index in [4.69, 9.17) is 10.00 Å². The number of rotatable bonds is 7. The predicted octanol–water partition coefficient (Wildman–Crippen LogP) is 4.20. The number of hydrogen-bond acceptors (Lipinski definition) is 7. The maximum Gasteiger partial charge on any atom is 0.230 e. The normalized spacial score (nSPS) is 10.3. The highest BCUT2D eigenvalue weighted by atomic mass is 32.2. The highest BCUT2D eigenvalue weighted by Gasteiger charge is 2.11. The summed E-state index contributed by atoms with van der Waals surface area (Å²) in [5.41, 5.74) is 3.64. The van der Waals surface area contributed by atoms with Crippen molar-refractivity contribution in [2.24, 2.45) is 0 Å². The van der Waals surface area contributed by atoms with Crippen LogP contribution in [0, 0.1) is 18.3 Å². The lowest BCUT2D eigenvalue weighted by molar-refractivity contribution is -0.115. The van der Waals surface area contributed by atoms with Crippen LogP contribution in [0.3, 0.4) is 0 Å². The number of ether oxygens (including phenoxy) is 1. The standard InChI is InChI=1S/C20H18N4O2S2/c1-13-3-4-16(9-17(13)26-2)10-18(25)22-19-23-24-20(28-19)27-12-15-7-5-14(11-21)6-8-15/h3-9H,10,12H2,1-2H3,(H,22,23,25). The van der Waals surface area contributed by atoms with Crippen LogP contribution in [0.1, 0.15) is 22.3 Å². The Morgan fingerprint density at radius 3 is 2.68 bits per heavy atom. The Hall–Kier alpha value is -2.89. The minimum atomic E-state index is -0.148. The number of thioether (sulfide) groups is 1. The molecule has 1 amide bonds. The van der Waals surface area contributed by atoms with Gasteiger partial charge in [0, 0.05) is 5.75 Å². The van der Waals surface area contributed by atoms with Crippen LogP contribution in [0.5, 0.6) is 5.75 Å². The van der Waals surface area contributed by atoms with Crippen molar-refractivity contribution in [3.8, 4) is 11.8 Å². The van der Waals surface area contributed by atoms with Crippen molar-refractivity contribution >= 4 is 34.1 Å². The Balaban J connectivity index is 1.53. The molecular formula is C20H18N4O2S2. The first-order chi connectivity index (χ1) is 13.6. The number of amides is 1. The first-order valence-electron chi connectivity index (χ1n) is 8.46. The number of nitrogens with zero attached hydrogens (tertiary/aromatic N) is 3. The predicted molar refractivity (Wildman–Crippen MR) is 111 cm³/mol. The van der Waals surface area contributed by atoms with E-state index in [-0.39, 0.29) is 12.3 Å². The largest absolute Gasteiger partial charge is 0.496 e. The Morgan fingerprint density at radius 1 is 1.21 bits per heavy atom. The molecule has 3 rings (SSSR count). The summed E-state index contributed by atoms with van der Waals surface area (Å²) in [6.45, 7) is 1.96. The molecule has 0 atom stereocenters. The molecule has 3 aromatic rings. The second kappa shape index (κ2) is 9.35. The number of benzene rings is 2. The molecule has 1 aromatic heterocycles. The van der Waals surface area contributed by atoms with Crippen LogP contribution in [0.15, 0.2) is 46.8 Å². The van der Waals surface area contributed by atoms with Gasteiger partial charge in [-0.2, -0.15) is 5.26 Å². The van der Waals surface area contributed by atoms with Gasteiger partial charge in [-0.25, -0.2) is 0 Å². The lowest BCUT2D eigenvalue weighted by Crippen LogP contribution is -2.14. The third kappa shape index (κ3) is 5.31. The van der Waals surface area contributed by atoms with E-state index < -0.39 is 0 Å². The summed E-state index contributed by atoms with van der Waals surface area (Å²) in [7, 11) is 1.62. The van der Waals surface area contributed by atoms with E-state index in [1.54, 1.807) is 19.2 Å². The molecule has 0 unspecified atom stereocenters. The molecule has 0 saturated heterocycles. The van der Waals surface area contributed by atoms with Crippen LogP contribution >= 0.6 is 23.1 Å². The summed E-state index contributed by atoms with van der Waals surface area (Å²) in [6.07, 6.45) is 0.240. The van der Waals surface area contributed by atoms with E-state index in [1.807, 2.05) is 37.3 Å². The molecule has 0 radical (unpaired) electrons. The number of nitriles is 1. The smallest absolute Gasteiger partial charge is 0.230 e. The zero-order valence-corrected chi connectivity index (χ0v) is 17.1. The summed E-state index contributed by atoms with van der Waals surface area (Å²) in [4.78, 5) is 12.3. The van der Waals surface area contributed by atoms with Crippen LogP contribution < -0.4 is 10.1 Å². The van der Waals surface area contributed by atoms with Crippen LogP contribution in [-0.4, -0.2) is 23.2 Å². The number of aryl methyl sites for hydroxylation is 1. The Morgan fingerprint density at radius 2 is 1.96 bits per heavy atom. The van der Waals surface area contributed by atoms with Crippen molar-refractivity contribution in [2.45, 2.75) is 23.4 Å². The van der Waals surface area contributed by atoms with E-state index in [9.17, 15) is 4.79 Å². The molecule has 8 heteroatoms. The molecule has 28 heavy (non-hydrogen) atoms. The van der Waals surface area contributed by atoms with Crippen molar-refractivity contribution in [3.63, 3.8) is 0 Å². The third-order valence-corrected chi connectivity index (χ3v) is 5.98. The molecule has 1 N–H and O–H groups in total. The van der Waals surface area contributed by atoms with Crippen LogP contribution in [-0.2, 0) is 17.0 Å². The monoisotopic (exact) mass is 410 g/mol. The number of methoxy groups -OCH3 is 1. The van der Waals surface area contributed by atoms with Crippen LogP contribution in [0.25, 0.3) is 0 Å². The molecule has 0 aliphatic rings. The minimum Gasteiger partial charge on any atom is -0.496 e. The van der Waals surface area contributed by atoms with Gasteiger partial charge in [0.2, 0.25) is 11.0 Å². The number of aromatic nitrogens is 2. The van der Waals surface area contributed by atoms with Gasteiger partial charge in [0.05, 0.1) is 25.2 Å². The summed E-state index contributed by atoms with van der Waals surface area (Å²) >= 11 is 2.88. The first kappa shape index (κ1) is 19.9. The van der Waals surface area contributed by atoms with Gasteiger partial charge in [-0.1, -0.05) is 47.4 Å². The Labute approximate surface area is 171 Å². The zero-order valence-electron chi connectivity index (χ0n) is 15.4. The molecule has 142 valence electrons. The van der Waals surface area contributed by atoms with Crippen molar-refractivity contribution in [3.05, 3.63) is 64.7 Å². The van der Waals surface area contributed by atoms with Gasteiger partial charge >= 0.3 is 0 Å². The van der Waals surface area contributed by atoms with Gasteiger partial charge < -0.3 is 10.1 Å². The SMILES string of the molecule is COc1cc(CC(=O)Nc2nnc(SCc3ccc(C#N)cc3)s2)ccc1C. The molecule has 0 aliphatic heterocycles. The van der Waals surface area contributed by atoms with Gasteiger partial charge in [-0.3, -0.25) is 4.79 Å². The lowest BCUT2D eigenvalue weighted by Gasteiger charge is -2.07. The lowest BCUT2D eigenvalue weighted by atomic mass is 10.1. The fourth-order valence-corrected chi connectivity index (χ4v) is 4.19. The van der Waals surface area contributed by atoms with E-state index in [1.165, 1.54) is 23.1 Å². The van der Waals surface area contributed by atoms with Crippen molar-refractivity contribution in [1.82, 2.24) is 10.2 Å². The number of hydrogen-bond donors (Lipinski definition) is 1. The molecule has 0 fully saturated rings. The van der Waals surface area contributed by atoms with E-state index in [2.05, 4.69) is 21.6 Å². The molecule has 0 saturated carbocycles. The summed E-state index contributed by atoms with van der Waals surface area (Å²) in [5.74, 6) is 1.34. The number of carbonyl (C=O) groups excluding carboxylic acids is 1. The second-order valence-corrected chi connectivity index (χ2v) is 8.20. The van der Waals surface area contributed by atoms with Crippen molar-refractivity contribution in [2.75, 3.05) is 12.4 Å².